The van der Waals surface area contributed by atoms with Gasteiger partial charge in [-0.15, -0.1) is 0 Å². The highest BCUT2D eigenvalue weighted by Crippen LogP contribution is 2.29. The van der Waals surface area contributed by atoms with Crippen molar-refractivity contribution in [2.45, 2.75) is 51.9 Å². The number of nitrogens with one attached hydrogen (secondary N) is 1. The number of amides is 2. The van der Waals surface area contributed by atoms with E-state index in [0.29, 0.717) is 19.6 Å². The minimum Gasteiger partial charge on any atom is -0.474 e. The predicted octanol–water partition coefficient (Wildman–Crippen LogP) is 1.86. The molecule has 36 heavy (non-hydrogen) atoms. The zero-order valence-corrected chi connectivity index (χ0v) is 20.7. The van der Waals surface area contributed by atoms with Gasteiger partial charge in [0.15, 0.2) is 6.61 Å². The highest BCUT2D eigenvalue weighted by molar-refractivity contribution is 5.88. The lowest BCUT2D eigenvalue weighted by Crippen LogP contribution is -2.41. The SMILES string of the molecule is CCOC(=O)COc1ccc(N2C[C@H](CNC3CCN(C(=O)OC(C)(C)C)C3)OC2=O)nc1[N+](=O)[O-]. The number of hydrogen-bond acceptors (Lipinski definition) is 11. The molecule has 0 saturated carbocycles. The van der Waals surface area contributed by atoms with Crippen molar-refractivity contribution in [2.24, 2.45) is 0 Å². The van der Waals surface area contributed by atoms with Gasteiger partial charge in [0.2, 0.25) is 5.75 Å². The molecule has 2 amide bonds. The average molecular weight is 510 g/mol. The lowest BCUT2D eigenvalue weighted by Gasteiger charge is -2.24. The Hall–Kier alpha value is -3.68. The number of ether oxygens (including phenoxy) is 4. The Morgan fingerprint density at radius 1 is 1.31 bits per heavy atom. The van der Waals surface area contributed by atoms with Crippen LogP contribution in [0, 0.1) is 10.1 Å². The quantitative estimate of drug-likeness (QED) is 0.224. The van der Waals surface area contributed by atoms with E-state index < -0.39 is 41.1 Å². The van der Waals surface area contributed by atoms with Crippen LogP contribution in [0.15, 0.2) is 12.1 Å². The van der Waals surface area contributed by atoms with Crippen molar-refractivity contribution in [1.82, 2.24) is 15.2 Å². The monoisotopic (exact) mass is 509 g/mol. The van der Waals surface area contributed by atoms with E-state index in [1.165, 1.54) is 17.0 Å². The van der Waals surface area contributed by atoms with Crippen LogP contribution in [0.2, 0.25) is 0 Å². The number of esters is 1. The number of nitrogens with zero attached hydrogens (tertiary/aromatic N) is 4. The maximum absolute atomic E-state index is 12.4. The highest BCUT2D eigenvalue weighted by Gasteiger charge is 2.37. The molecule has 0 aromatic carbocycles. The average Bonchev–Trinajstić information content (AvgIpc) is 3.42. The molecule has 0 bridgehead atoms. The van der Waals surface area contributed by atoms with E-state index in [1.54, 1.807) is 11.8 Å². The molecule has 0 radical (unpaired) electrons. The fraction of sp³-hybridized carbons (Fsp3) is 0.636. The van der Waals surface area contributed by atoms with Crippen LogP contribution in [0.5, 0.6) is 5.75 Å². The number of aromatic nitrogens is 1. The first-order valence-electron chi connectivity index (χ1n) is 11.6. The second-order valence-corrected chi connectivity index (χ2v) is 9.28. The topological polar surface area (TPSA) is 163 Å². The lowest BCUT2D eigenvalue weighted by atomic mass is 10.2. The van der Waals surface area contributed by atoms with Crippen LogP contribution in [0.4, 0.5) is 21.2 Å². The number of carbonyl (C=O) groups excluding carboxylic acids is 3. The summed E-state index contributed by atoms with van der Waals surface area (Å²) in [7, 11) is 0. The number of rotatable bonds is 9. The van der Waals surface area contributed by atoms with Crippen molar-refractivity contribution >= 4 is 29.8 Å². The van der Waals surface area contributed by atoms with Gasteiger partial charge in [-0.05, 0) is 50.1 Å². The van der Waals surface area contributed by atoms with Crippen molar-refractivity contribution in [3.05, 3.63) is 22.2 Å². The largest absolute Gasteiger partial charge is 0.474 e. The van der Waals surface area contributed by atoms with Crippen molar-refractivity contribution in [3.8, 4) is 5.75 Å². The minimum absolute atomic E-state index is 0.0142. The Bertz CT molecular complexity index is 997. The number of pyridine rings is 1. The molecular weight excluding hydrogens is 478 g/mol. The van der Waals surface area contributed by atoms with Gasteiger partial charge in [-0.1, -0.05) is 0 Å². The second-order valence-electron chi connectivity index (χ2n) is 9.28. The molecule has 3 rings (SSSR count). The van der Waals surface area contributed by atoms with E-state index in [-0.39, 0.29) is 36.9 Å². The smallest absolute Gasteiger partial charge is 0.417 e. The van der Waals surface area contributed by atoms with E-state index in [0.717, 1.165) is 6.42 Å². The zero-order valence-electron chi connectivity index (χ0n) is 20.7. The van der Waals surface area contributed by atoms with Crippen LogP contribution in [0.1, 0.15) is 34.1 Å². The van der Waals surface area contributed by atoms with Crippen molar-refractivity contribution < 1.29 is 38.3 Å². The summed E-state index contributed by atoms with van der Waals surface area (Å²) in [5.41, 5.74) is -0.571. The normalized spacial score (nSPS) is 19.7. The van der Waals surface area contributed by atoms with Gasteiger partial charge in [-0.2, -0.15) is 0 Å². The number of hydrogen-bond donors (Lipinski definition) is 1. The third kappa shape index (κ3) is 7.16. The maximum Gasteiger partial charge on any atom is 0.417 e. The van der Waals surface area contributed by atoms with Crippen LogP contribution in [-0.4, -0.2) is 90.1 Å². The molecule has 2 aliphatic heterocycles. The Labute approximate surface area is 208 Å². The van der Waals surface area contributed by atoms with Gasteiger partial charge < -0.3 is 39.3 Å². The predicted molar refractivity (Wildman–Crippen MR) is 125 cm³/mol. The Balaban J connectivity index is 1.55. The van der Waals surface area contributed by atoms with Gasteiger partial charge in [-0.25, -0.2) is 19.3 Å². The number of anilines is 1. The third-order valence-electron chi connectivity index (χ3n) is 5.27. The summed E-state index contributed by atoms with van der Waals surface area (Å²) >= 11 is 0. The minimum atomic E-state index is -0.763. The fourth-order valence-electron chi connectivity index (χ4n) is 3.69. The summed E-state index contributed by atoms with van der Waals surface area (Å²) in [5.74, 6) is -1.52. The summed E-state index contributed by atoms with van der Waals surface area (Å²) in [6, 6.07) is 2.66. The van der Waals surface area contributed by atoms with Crippen LogP contribution in [0.3, 0.4) is 0 Å². The molecule has 2 fully saturated rings. The molecule has 2 saturated heterocycles. The van der Waals surface area contributed by atoms with Crippen LogP contribution in [-0.2, 0) is 19.0 Å². The fourth-order valence-corrected chi connectivity index (χ4v) is 3.69. The molecule has 2 aliphatic rings. The molecule has 0 spiro atoms. The molecule has 14 nitrogen and oxygen atoms in total. The van der Waals surface area contributed by atoms with E-state index in [2.05, 4.69) is 10.3 Å². The highest BCUT2D eigenvalue weighted by atomic mass is 16.6. The summed E-state index contributed by atoms with van der Waals surface area (Å²) < 4.78 is 20.7. The lowest BCUT2D eigenvalue weighted by molar-refractivity contribution is -0.390. The molecule has 198 valence electrons. The number of likely N-dealkylation sites (tertiary alicyclic amines) is 1. The van der Waals surface area contributed by atoms with Crippen LogP contribution >= 0.6 is 0 Å². The van der Waals surface area contributed by atoms with Crippen molar-refractivity contribution in [2.75, 3.05) is 44.3 Å². The molecular formula is C22H31N5O9. The molecule has 1 aromatic heterocycles. The molecule has 0 aliphatic carbocycles. The maximum atomic E-state index is 12.4. The second kappa shape index (κ2) is 11.4. The Morgan fingerprint density at radius 2 is 2.06 bits per heavy atom. The standard InChI is InChI=1S/C22H31N5O9/c1-5-33-18(28)13-34-16-6-7-17(24-19(16)27(31)32)26-12-15(35-21(26)30)10-23-14-8-9-25(11-14)20(29)36-22(2,3)4/h6-7,14-15,23H,5,8-13H2,1-4H3/t14?,15-/m0/s1. The number of carbonyl (C=O) groups is 3. The van der Waals surface area contributed by atoms with Crippen molar-refractivity contribution in [3.63, 3.8) is 0 Å². The molecule has 1 unspecified atom stereocenters. The Morgan fingerprint density at radius 3 is 2.72 bits per heavy atom. The van der Waals surface area contributed by atoms with Gasteiger partial charge in [0.25, 0.3) is 5.82 Å². The first-order valence-corrected chi connectivity index (χ1v) is 11.6. The van der Waals surface area contributed by atoms with E-state index in [1.807, 2.05) is 20.8 Å². The first-order chi connectivity index (χ1) is 17.0. The number of nitro groups is 1. The van der Waals surface area contributed by atoms with Gasteiger partial charge in [0.1, 0.15) is 11.7 Å². The zero-order chi connectivity index (χ0) is 26.5. The van der Waals surface area contributed by atoms with E-state index >= 15 is 0 Å². The molecule has 1 N–H and O–H groups in total. The number of cyclic esters (lactones) is 1. The first kappa shape index (κ1) is 26.9. The molecule has 14 heteroatoms. The summed E-state index contributed by atoms with van der Waals surface area (Å²) in [6.07, 6.45) is -0.850. The van der Waals surface area contributed by atoms with Gasteiger partial charge in [0, 0.05) is 31.7 Å². The van der Waals surface area contributed by atoms with Gasteiger partial charge >= 0.3 is 24.0 Å². The van der Waals surface area contributed by atoms with Gasteiger partial charge in [-0.3, -0.25) is 0 Å². The van der Waals surface area contributed by atoms with Crippen molar-refractivity contribution in [1.29, 1.82) is 0 Å². The Kier molecular flexibility index (Phi) is 8.50. The van der Waals surface area contributed by atoms with Crippen LogP contribution < -0.4 is 15.0 Å². The van der Waals surface area contributed by atoms with E-state index in [4.69, 9.17) is 18.9 Å². The molecule has 2 atom stereocenters. The third-order valence-corrected chi connectivity index (χ3v) is 5.27. The van der Waals surface area contributed by atoms with Crippen LogP contribution in [0.25, 0.3) is 0 Å². The van der Waals surface area contributed by atoms with E-state index in [9.17, 15) is 24.5 Å². The van der Waals surface area contributed by atoms with Gasteiger partial charge in [0.05, 0.1) is 13.2 Å². The molecule has 1 aromatic rings. The summed E-state index contributed by atoms with van der Waals surface area (Å²) in [4.78, 5) is 53.6. The summed E-state index contributed by atoms with van der Waals surface area (Å²) in [6.45, 7) is 8.18. The molecule has 3 heterocycles. The summed E-state index contributed by atoms with van der Waals surface area (Å²) in [5, 5.41) is 14.8.